The fourth-order valence-corrected chi connectivity index (χ4v) is 5.81. The van der Waals surface area contributed by atoms with Crippen molar-refractivity contribution >= 4 is 39.9 Å². The summed E-state index contributed by atoms with van der Waals surface area (Å²) in [6.45, 7) is 1.67. The summed E-state index contributed by atoms with van der Waals surface area (Å²) in [5.41, 5.74) is 1.06. The third kappa shape index (κ3) is 4.75. The summed E-state index contributed by atoms with van der Waals surface area (Å²) in [6, 6.07) is 12.4. The smallest absolute Gasteiger partial charge is 0.296 e. The van der Waals surface area contributed by atoms with Gasteiger partial charge in [0.15, 0.2) is 27.4 Å². The molecule has 38 heavy (non-hydrogen) atoms. The fraction of sp³-hybridized carbons (Fsp3) is 0.154. The topological polar surface area (TPSA) is 126 Å². The average Bonchev–Trinajstić information content (AvgIpc) is 3.62. The van der Waals surface area contributed by atoms with Gasteiger partial charge in [-0.2, -0.15) is 0 Å². The van der Waals surface area contributed by atoms with Crippen molar-refractivity contribution in [2.75, 3.05) is 12.0 Å². The Labute approximate surface area is 224 Å². The predicted molar refractivity (Wildman–Crippen MR) is 138 cm³/mol. The molecule has 5 rings (SSSR count). The number of thioether (sulfide) groups is 1. The number of phenolic OH excluding ortho intramolecular Hbond substituents is 1. The van der Waals surface area contributed by atoms with Crippen molar-refractivity contribution in [2.45, 2.75) is 23.1 Å². The van der Waals surface area contributed by atoms with Crippen LogP contribution in [0.3, 0.4) is 0 Å². The van der Waals surface area contributed by atoms with Gasteiger partial charge in [-0.15, -0.1) is 10.2 Å². The maximum atomic E-state index is 13.5. The van der Waals surface area contributed by atoms with E-state index < -0.39 is 23.5 Å². The third-order valence-electron chi connectivity index (χ3n) is 5.81. The number of carbonyl (C=O) groups excluding carboxylic acids is 2. The van der Waals surface area contributed by atoms with Crippen LogP contribution in [-0.2, 0) is 10.5 Å². The van der Waals surface area contributed by atoms with Crippen molar-refractivity contribution < 1.29 is 33.3 Å². The number of amides is 1. The van der Waals surface area contributed by atoms with Gasteiger partial charge in [0.2, 0.25) is 10.9 Å². The Hall–Kier alpha value is -4.16. The normalized spacial score (nSPS) is 15.4. The molecular weight excluding hydrogens is 533 g/mol. The zero-order valence-electron chi connectivity index (χ0n) is 20.0. The Morgan fingerprint density at radius 2 is 1.92 bits per heavy atom. The fourth-order valence-electron chi connectivity index (χ4n) is 3.99. The van der Waals surface area contributed by atoms with Gasteiger partial charge in [-0.25, -0.2) is 4.39 Å². The number of aliphatic hydroxyl groups excluding tert-OH is 1. The Kier molecular flexibility index (Phi) is 6.91. The van der Waals surface area contributed by atoms with Gasteiger partial charge >= 0.3 is 0 Å². The molecule has 2 aromatic heterocycles. The van der Waals surface area contributed by atoms with Crippen LogP contribution >= 0.6 is 23.1 Å². The van der Waals surface area contributed by atoms with Crippen molar-refractivity contribution in [3.8, 4) is 11.5 Å². The monoisotopic (exact) mass is 553 g/mol. The van der Waals surface area contributed by atoms with Crippen LogP contribution in [0.4, 0.5) is 9.52 Å². The molecule has 2 aromatic carbocycles. The number of aromatic nitrogens is 2. The summed E-state index contributed by atoms with van der Waals surface area (Å²) >= 11 is 2.45. The van der Waals surface area contributed by atoms with E-state index in [4.69, 9.17) is 9.15 Å². The van der Waals surface area contributed by atoms with E-state index in [-0.39, 0.29) is 33.8 Å². The van der Waals surface area contributed by atoms with Gasteiger partial charge < -0.3 is 19.4 Å². The van der Waals surface area contributed by atoms with E-state index in [1.807, 2.05) is 0 Å². The second-order valence-corrected chi connectivity index (χ2v) is 10.5. The van der Waals surface area contributed by atoms with Crippen LogP contribution < -0.4 is 9.64 Å². The molecule has 0 fully saturated rings. The van der Waals surface area contributed by atoms with Crippen molar-refractivity contribution in [1.29, 1.82) is 0 Å². The minimum Gasteiger partial charge on any atom is -0.504 e. The van der Waals surface area contributed by atoms with Crippen LogP contribution in [0.2, 0.25) is 0 Å². The Morgan fingerprint density at radius 3 is 2.61 bits per heavy atom. The number of aryl methyl sites for hydroxylation is 1. The lowest BCUT2D eigenvalue weighted by Gasteiger charge is -2.24. The maximum absolute atomic E-state index is 13.5. The summed E-state index contributed by atoms with van der Waals surface area (Å²) in [6.07, 6.45) is 0. The molecule has 1 aliphatic heterocycles. The molecular formula is C26H20FN3O6S2. The van der Waals surface area contributed by atoms with Crippen LogP contribution in [0.25, 0.3) is 0 Å². The van der Waals surface area contributed by atoms with Gasteiger partial charge in [-0.3, -0.25) is 14.5 Å². The number of halogens is 1. The molecule has 1 amide bonds. The van der Waals surface area contributed by atoms with Gasteiger partial charge in [0.25, 0.3) is 5.91 Å². The summed E-state index contributed by atoms with van der Waals surface area (Å²) < 4.78 is 24.4. The second-order valence-electron chi connectivity index (χ2n) is 8.28. The van der Waals surface area contributed by atoms with Crippen molar-refractivity contribution in [1.82, 2.24) is 10.2 Å². The first-order valence-corrected chi connectivity index (χ1v) is 13.0. The molecule has 0 radical (unpaired) electrons. The summed E-state index contributed by atoms with van der Waals surface area (Å²) in [7, 11) is 1.37. The lowest BCUT2D eigenvalue weighted by molar-refractivity contribution is -0.117. The number of Topliss-reactive ketones (excluding diaryl/α,β-unsaturated/α-hetero) is 1. The van der Waals surface area contributed by atoms with E-state index in [0.29, 0.717) is 21.4 Å². The third-order valence-corrected chi connectivity index (χ3v) is 7.94. The number of aromatic hydroxyl groups is 1. The van der Waals surface area contributed by atoms with Gasteiger partial charge in [0.05, 0.1) is 18.7 Å². The quantitative estimate of drug-likeness (QED) is 0.168. The van der Waals surface area contributed by atoms with Crippen LogP contribution in [0, 0.1) is 12.7 Å². The van der Waals surface area contributed by atoms with Crippen LogP contribution in [0.1, 0.15) is 33.5 Å². The molecule has 0 spiro atoms. The van der Waals surface area contributed by atoms with Crippen LogP contribution in [-0.4, -0.2) is 39.2 Å². The highest BCUT2D eigenvalue weighted by Gasteiger charge is 2.47. The lowest BCUT2D eigenvalue weighted by Crippen LogP contribution is -2.31. The van der Waals surface area contributed by atoms with E-state index in [1.165, 1.54) is 60.2 Å². The number of hydrogen-bond donors (Lipinski definition) is 2. The zero-order valence-corrected chi connectivity index (χ0v) is 21.7. The predicted octanol–water partition coefficient (Wildman–Crippen LogP) is 5.37. The number of phenols is 1. The van der Waals surface area contributed by atoms with Crippen molar-refractivity contribution in [3.63, 3.8) is 0 Å². The number of aliphatic hydroxyl groups is 1. The standard InChI is InChI=1S/C26H20FN3O6S2/c1-13-3-10-18(36-13)22(32)20-21(15-6-9-17(31)19(11-15)35-2)30(24(34)23(20)33)25-28-29-26(38-25)37-12-14-4-7-16(27)8-5-14/h3-11,21,31,33H,12H2,1-2H3. The van der Waals surface area contributed by atoms with E-state index in [9.17, 15) is 24.2 Å². The van der Waals surface area contributed by atoms with E-state index in [1.54, 1.807) is 25.1 Å². The SMILES string of the molecule is COc1cc(C2C(C(=O)c3ccc(C)o3)=C(O)C(=O)N2c2nnc(SCc3ccc(F)cc3)s2)ccc1O. The van der Waals surface area contributed by atoms with Crippen molar-refractivity contribution in [3.05, 3.63) is 94.4 Å². The Balaban J connectivity index is 1.52. The minimum absolute atomic E-state index is 0.0396. The molecule has 1 unspecified atom stereocenters. The molecule has 9 nitrogen and oxygen atoms in total. The molecule has 3 heterocycles. The first-order valence-electron chi connectivity index (χ1n) is 11.2. The number of anilines is 1. The number of benzene rings is 2. The lowest BCUT2D eigenvalue weighted by atomic mass is 9.95. The number of rotatable bonds is 8. The van der Waals surface area contributed by atoms with E-state index in [2.05, 4.69) is 10.2 Å². The summed E-state index contributed by atoms with van der Waals surface area (Å²) in [5, 5.41) is 29.4. The molecule has 1 aliphatic rings. The summed E-state index contributed by atoms with van der Waals surface area (Å²) in [4.78, 5) is 28.0. The molecule has 0 saturated heterocycles. The number of ketones is 1. The van der Waals surface area contributed by atoms with E-state index >= 15 is 0 Å². The number of methoxy groups -OCH3 is 1. The van der Waals surface area contributed by atoms with Gasteiger partial charge in [-0.1, -0.05) is 41.3 Å². The van der Waals surface area contributed by atoms with E-state index in [0.717, 1.165) is 16.9 Å². The van der Waals surface area contributed by atoms with Crippen LogP contribution in [0.5, 0.6) is 11.5 Å². The molecule has 194 valence electrons. The molecule has 2 N–H and O–H groups in total. The molecule has 0 aliphatic carbocycles. The number of nitrogens with zero attached hydrogens (tertiary/aromatic N) is 3. The van der Waals surface area contributed by atoms with Gasteiger partial charge in [-0.05, 0) is 54.4 Å². The largest absolute Gasteiger partial charge is 0.504 e. The van der Waals surface area contributed by atoms with Gasteiger partial charge in [0.1, 0.15) is 11.6 Å². The summed E-state index contributed by atoms with van der Waals surface area (Å²) in [5.74, 6) is -1.64. The Morgan fingerprint density at radius 1 is 1.16 bits per heavy atom. The van der Waals surface area contributed by atoms with Gasteiger partial charge in [0, 0.05) is 5.75 Å². The number of furan rings is 1. The molecule has 0 saturated carbocycles. The zero-order chi connectivity index (χ0) is 27.0. The first-order chi connectivity index (χ1) is 18.3. The molecule has 0 bridgehead atoms. The number of hydrogen-bond acceptors (Lipinski definition) is 10. The Bertz CT molecular complexity index is 1560. The number of ether oxygens (including phenoxy) is 1. The highest BCUT2D eigenvalue weighted by atomic mass is 32.2. The highest BCUT2D eigenvalue weighted by molar-refractivity contribution is 8.00. The molecule has 12 heteroatoms. The molecule has 4 aromatic rings. The number of carbonyl (C=O) groups is 2. The first kappa shape index (κ1) is 25.5. The average molecular weight is 554 g/mol. The second kappa shape index (κ2) is 10.3. The van der Waals surface area contributed by atoms with Crippen molar-refractivity contribution in [2.24, 2.45) is 0 Å². The van der Waals surface area contributed by atoms with Crippen LogP contribution in [0.15, 0.2) is 74.7 Å². The highest BCUT2D eigenvalue weighted by Crippen LogP contribution is 2.45. The maximum Gasteiger partial charge on any atom is 0.296 e. The molecule has 1 atom stereocenters. The minimum atomic E-state index is -1.10.